The highest BCUT2D eigenvalue weighted by Crippen LogP contribution is 2.24. The second kappa shape index (κ2) is 9.12. The lowest BCUT2D eigenvalue weighted by Gasteiger charge is -2.38. The summed E-state index contributed by atoms with van der Waals surface area (Å²) in [5, 5.41) is 15.6. The number of carbonyl (C=O) groups excluding carboxylic acids is 1. The zero-order chi connectivity index (χ0) is 20.0. The zero-order valence-electron chi connectivity index (χ0n) is 16.1. The molecule has 1 fully saturated rings. The molecule has 1 amide bonds. The SMILES string of the molecule is C[C@H](NC(=O)C1(NCc2cccnc2)CCOCC1)C1C=CC(C(=O)O)=CC1. The van der Waals surface area contributed by atoms with E-state index >= 15 is 0 Å². The summed E-state index contributed by atoms with van der Waals surface area (Å²) in [4.78, 5) is 28.3. The van der Waals surface area contributed by atoms with Gasteiger partial charge in [-0.25, -0.2) is 4.79 Å². The maximum atomic E-state index is 13.2. The average Bonchev–Trinajstić information content (AvgIpc) is 2.73. The van der Waals surface area contributed by atoms with E-state index in [1.807, 2.05) is 25.1 Å². The number of carboxylic acids is 1. The van der Waals surface area contributed by atoms with E-state index in [2.05, 4.69) is 15.6 Å². The number of amides is 1. The molecule has 2 heterocycles. The van der Waals surface area contributed by atoms with Crippen LogP contribution in [0.2, 0.25) is 0 Å². The highest BCUT2D eigenvalue weighted by molar-refractivity contribution is 5.90. The third-order valence-corrected chi connectivity index (χ3v) is 5.52. The van der Waals surface area contributed by atoms with Crippen LogP contribution in [0.5, 0.6) is 0 Å². The fourth-order valence-electron chi connectivity index (χ4n) is 3.60. The molecule has 1 saturated heterocycles. The minimum absolute atomic E-state index is 0.0337. The van der Waals surface area contributed by atoms with Crippen molar-refractivity contribution < 1.29 is 19.4 Å². The highest BCUT2D eigenvalue weighted by atomic mass is 16.5. The second-order valence-electron chi connectivity index (χ2n) is 7.39. The molecule has 0 saturated carbocycles. The highest BCUT2D eigenvalue weighted by Gasteiger charge is 2.40. The molecule has 1 aromatic rings. The van der Waals surface area contributed by atoms with Crippen LogP contribution in [0.15, 0.2) is 48.3 Å². The summed E-state index contributed by atoms with van der Waals surface area (Å²) in [7, 11) is 0. The van der Waals surface area contributed by atoms with E-state index in [0.29, 0.717) is 44.6 Å². The minimum Gasteiger partial charge on any atom is -0.478 e. The number of allylic oxidation sites excluding steroid dienone is 1. The fourth-order valence-corrected chi connectivity index (χ4v) is 3.60. The number of aromatic nitrogens is 1. The van der Waals surface area contributed by atoms with Gasteiger partial charge in [-0.3, -0.25) is 15.1 Å². The molecule has 3 rings (SSSR count). The average molecular weight is 385 g/mol. The maximum Gasteiger partial charge on any atom is 0.335 e. The minimum atomic E-state index is -0.924. The van der Waals surface area contributed by atoms with Crippen LogP contribution >= 0.6 is 0 Å². The summed E-state index contributed by atoms with van der Waals surface area (Å²) in [6.07, 6.45) is 10.5. The van der Waals surface area contributed by atoms with Gasteiger partial charge in [-0.15, -0.1) is 0 Å². The summed E-state index contributed by atoms with van der Waals surface area (Å²) < 4.78 is 5.48. The molecule has 0 aromatic carbocycles. The van der Waals surface area contributed by atoms with Crippen molar-refractivity contribution >= 4 is 11.9 Å². The first-order valence-corrected chi connectivity index (χ1v) is 9.64. The quantitative estimate of drug-likeness (QED) is 0.662. The second-order valence-corrected chi connectivity index (χ2v) is 7.39. The molecule has 1 aromatic heterocycles. The molecule has 28 heavy (non-hydrogen) atoms. The first-order valence-electron chi connectivity index (χ1n) is 9.64. The Morgan fingerprint density at radius 2 is 2.18 bits per heavy atom. The number of carbonyl (C=O) groups is 2. The molecule has 150 valence electrons. The Balaban J connectivity index is 1.63. The number of pyridine rings is 1. The third-order valence-electron chi connectivity index (χ3n) is 5.52. The molecule has 0 spiro atoms. The largest absolute Gasteiger partial charge is 0.478 e. The molecule has 2 atom stereocenters. The van der Waals surface area contributed by atoms with E-state index < -0.39 is 11.5 Å². The number of hydrogen-bond acceptors (Lipinski definition) is 5. The molecule has 0 radical (unpaired) electrons. The van der Waals surface area contributed by atoms with Gasteiger partial charge in [-0.1, -0.05) is 24.3 Å². The first kappa shape index (κ1) is 20.2. The lowest BCUT2D eigenvalue weighted by atomic mass is 9.86. The normalized spacial score (nSPS) is 22.2. The Labute approximate surface area is 164 Å². The van der Waals surface area contributed by atoms with E-state index in [1.54, 1.807) is 24.5 Å². The Morgan fingerprint density at radius 3 is 2.79 bits per heavy atom. The Morgan fingerprint density at radius 1 is 1.39 bits per heavy atom. The summed E-state index contributed by atoms with van der Waals surface area (Å²) in [6, 6.07) is 3.76. The molecule has 7 heteroatoms. The van der Waals surface area contributed by atoms with Crippen molar-refractivity contribution in [2.24, 2.45) is 5.92 Å². The van der Waals surface area contributed by atoms with Gasteiger partial charge in [0.15, 0.2) is 0 Å². The number of hydrogen-bond donors (Lipinski definition) is 3. The van der Waals surface area contributed by atoms with E-state index in [0.717, 1.165) is 5.56 Å². The van der Waals surface area contributed by atoms with Crippen LogP contribution in [0.25, 0.3) is 0 Å². The van der Waals surface area contributed by atoms with E-state index in [4.69, 9.17) is 9.84 Å². The van der Waals surface area contributed by atoms with Gasteiger partial charge >= 0.3 is 5.97 Å². The van der Waals surface area contributed by atoms with Gasteiger partial charge in [0.05, 0.1) is 5.57 Å². The van der Waals surface area contributed by atoms with Crippen molar-refractivity contribution in [3.05, 3.63) is 53.9 Å². The summed E-state index contributed by atoms with van der Waals surface area (Å²) in [6.45, 7) is 3.59. The van der Waals surface area contributed by atoms with E-state index in [-0.39, 0.29) is 17.9 Å². The van der Waals surface area contributed by atoms with Gasteiger partial charge in [0.25, 0.3) is 0 Å². The van der Waals surface area contributed by atoms with E-state index in [9.17, 15) is 9.59 Å². The van der Waals surface area contributed by atoms with Crippen molar-refractivity contribution in [2.75, 3.05) is 13.2 Å². The molecule has 1 aliphatic carbocycles. The van der Waals surface area contributed by atoms with Crippen molar-refractivity contribution in [2.45, 2.75) is 44.3 Å². The molecule has 2 aliphatic rings. The number of rotatable bonds is 7. The molecule has 3 N–H and O–H groups in total. The van der Waals surface area contributed by atoms with Gasteiger partial charge in [-0.2, -0.15) is 0 Å². The van der Waals surface area contributed by atoms with Crippen LogP contribution in [0.1, 0.15) is 31.7 Å². The molecular formula is C21H27N3O4. The number of nitrogens with zero attached hydrogens (tertiary/aromatic N) is 1. The predicted octanol–water partition coefficient (Wildman–Crippen LogP) is 1.81. The number of nitrogens with one attached hydrogen (secondary N) is 2. The Kier molecular flexibility index (Phi) is 6.59. The summed E-state index contributed by atoms with van der Waals surface area (Å²) in [5.41, 5.74) is 0.646. The summed E-state index contributed by atoms with van der Waals surface area (Å²) in [5.74, 6) is -0.886. The Hall–Kier alpha value is -2.51. The molecule has 1 unspecified atom stereocenters. The van der Waals surface area contributed by atoms with Crippen molar-refractivity contribution in [3.63, 3.8) is 0 Å². The lowest BCUT2D eigenvalue weighted by molar-refractivity contribution is -0.133. The third kappa shape index (κ3) is 4.85. The topological polar surface area (TPSA) is 101 Å². The standard InChI is InChI=1S/C21H27N3O4/c1-15(17-4-6-18(7-5-17)19(25)26)24-20(27)21(8-11-28-12-9-21)23-14-16-3-2-10-22-13-16/h2-4,6-7,10,13,15,17,23H,5,8-9,11-12,14H2,1H3,(H,24,27)(H,25,26)/t15-,17?/m0/s1. The number of carboxylic acid groups (broad SMARTS) is 1. The van der Waals surface area contributed by atoms with Crippen LogP contribution in [0.3, 0.4) is 0 Å². The van der Waals surface area contributed by atoms with E-state index in [1.165, 1.54) is 0 Å². The molecule has 0 bridgehead atoms. The van der Waals surface area contributed by atoms with Crippen LogP contribution in [-0.2, 0) is 20.9 Å². The lowest BCUT2D eigenvalue weighted by Crippen LogP contribution is -2.61. The van der Waals surface area contributed by atoms with Gasteiger partial charge in [0, 0.05) is 44.1 Å². The summed E-state index contributed by atoms with van der Waals surface area (Å²) >= 11 is 0. The monoisotopic (exact) mass is 385 g/mol. The smallest absolute Gasteiger partial charge is 0.335 e. The van der Waals surface area contributed by atoms with Crippen LogP contribution in [0, 0.1) is 5.92 Å². The van der Waals surface area contributed by atoms with Crippen LogP contribution in [-0.4, -0.2) is 46.8 Å². The first-order chi connectivity index (χ1) is 13.5. The molecular weight excluding hydrogens is 358 g/mol. The fraction of sp³-hybridized carbons (Fsp3) is 0.476. The molecule has 1 aliphatic heterocycles. The van der Waals surface area contributed by atoms with Crippen molar-refractivity contribution in [1.29, 1.82) is 0 Å². The number of aliphatic carboxylic acids is 1. The zero-order valence-corrected chi connectivity index (χ0v) is 16.1. The number of ether oxygens (including phenoxy) is 1. The Bertz CT molecular complexity index is 754. The van der Waals surface area contributed by atoms with Crippen molar-refractivity contribution in [3.8, 4) is 0 Å². The van der Waals surface area contributed by atoms with Gasteiger partial charge in [-0.05, 0) is 37.8 Å². The van der Waals surface area contributed by atoms with Gasteiger partial charge < -0.3 is 15.2 Å². The van der Waals surface area contributed by atoms with Crippen LogP contribution < -0.4 is 10.6 Å². The molecule has 7 nitrogen and oxygen atoms in total. The maximum absolute atomic E-state index is 13.2. The van der Waals surface area contributed by atoms with Crippen molar-refractivity contribution in [1.82, 2.24) is 15.6 Å². The van der Waals surface area contributed by atoms with Gasteiger partial charge in [0.1, 0.15) is 5.54 Å². The van der Waals surface area contributed by atoms with Crippen LogP contribution in [0.4, 0.5) is 0 Å². The predicted molar refractivity (Wildman–Crippen MR) is 104 cm³/mol. The van der Waals surface area contributed by atoms with Gasteiger partial charge in [0.2, 0.25) is 5.91 Å².